The second kappa shape index (κ2) is 10.8. The van der Waals surface area contributed by atoms with Gasteiger partial charge in [-0.2, -0.15) is 0 Å². The minimum absolute atomic E-state index is 0.104. The van der Waals surface area contributed by atoms with Crippen molar-refractivity contribution in [2.45, 2.75) is 26.3 Å². The number of nitrogens with zero attached hydrogens (tertiary/aromatic N) is 5. The van der Waals surface area contributed by atoms with Crippen LogP contribution in [-0.2, 0) is 0 Å². The molecule has 0 aliphatic rings. The van der Waals surface area contributed by atoms with E-state index in [0.717, 1.165) is 22.4 Å². The highest BCUT2D eigenvalue weighted by atomic mass is 35.5. The summed E-state index contributed by atoms with van der Waals surface area (Å²) >= 11 is 6.32. The van der Waals surface area contributed by atoms with Gasteiger partial charge in [-0.1, -0.05) is 41.9 Å². The van der Waals surface area contributed by atoms with Crippen LogP contribution in [0, 0.1) is 12.3 Å². The maximum absolute atomic E-state index is 12.7. The molecule has 0 radical (unpaired) electrons. The van der Waals surface area contributed by atoms with Crippen molar-refractivity contribution < 1.29 is 4.79 Å². The molecule has 0 fully saturated rings. The molecule has 4 rings (SSSR count). The third kappa shape index (κ3) is 5.87. The van der Waals surface area contributed by atoms with Crippen molar-refractivity contribution in [3.05, 3.63) is 83.4 Å². The Morgan fingerprint density at radius 1 is 0.944 bits per heavy atom. The Bertz CT molecular complexity index is 1420. The van der Waals surface area contributed by atoms with Gasteiger partial charge >= 0.3 is 0 Å². The van der Waals surface area contributed by atoms with Gasteiger partial charge in [0, 0.05) is 53.3 Å². The van der Waals surface area contributed by atoms with E-state index in [4.69, 9.17) is 17.0 Å². The number of rotatable bonds is 8. The predicted molar refractivity (Wildman–Crippen MR) is 144 cm³/mol. The van der Waals surface area contributed by atoms with E-state index in [-0.39, 0.29) is 17.5 Å². The summed E-state index contributed by atoms with van der Waals surface area (Å²) in [4.78, 5) is 32.6. The monoisotopic (exact) mass is 498 g/mol. The van der Waals surface area contributed by atoms with E-state index in [9.17, 15) is 4.79 Å². The lowest BCUT2D eigenvalue weighted by Gasteiger charge is -2.19. The highest BCUT2D eigenvalue weighted by Crippen LogP contribution is 2.27. The summed E-state index contributed by atoms with van der Waals surface area (Å²) < 4.78 is 0. The van der Waals surface area contributed by atoms with Crippen LogP contribution in [-0.4, -0.2) is 56.5 Å². The summed E-state index contributed by atoms with van der Waals surface area (Å²) in [5.41, 5.74) is 5.30. The fourth-order valence-electron chi connectivity index (χ4n) is 3.64. The van der Waals surface area contributed by atoms with Crippen LogP contribution in [0.1, 0.15) is 29.4 Å². The molecule has 182 valence electrons. The van der Waals surface area contributed by atoms with Gasteiger partial charge in [0.15, 0.2) is 5.82 Å². The molecule has 3 heterocycles. The molecule has 0 saturated carbocycles. The van der Waals surface area contributed by atoms with Crippen LogP contribution in [0.3, 0.4) is 0 Å². The molecule has 1 unspecified atom stereocenters. The highest BCUT2D eigenvalue weighted by Gasteiger charge is 2.17. The minimum Gasteiger partial charge on any atom is -0.306 e. The lowest BCUT2D eigenvalue weighted by atomic mass is 9.98. The van der Waals surface area contributed by atoms with Crippen molar-refractivity contribution >= 4 is 23.1 Å². The molecule has 4 aromatic rings. The van der Waals surface area contributed by atoms with Crippen molar-refractivity contribution in [3.8, 4) is 33.9 Å². The van der Waals surface area contributed by atoms with E-state index < -0.39 is 0 Å². The number of nitrogens with one attached hydrogen (secondary N) is 1. The van der Waals surface area contributed by atoms with E-state index in [1.807, 2.05) is 69.2 Å². The molecule has 0 saturated heterocycles. The van der Waals surface area contributed by atoms with Crippen molar-refractivity contribution in [3.63, 3.8) is 0 Å². The Kier molecular flexibility index (Phi) is 7.62. The molecular formula is C28H27ClN6O. The highest BCUT2D eigenvalue weighted by molar-refractivity contribution is 6.45. The maximum Gasteiger partial charge on any atom is 0.206 e. The van der Waals surface area contributed by atoms with Gasteiger partial charge in [0.25, 0.3) is 0 Å². The van der Waals surface area contributed by atoms with E-state index in [2.05, 4.69) is 19.9 Å². The number of benzene rings is 1. The van der Waals surface area contributed by atoms with E-state index in [0.29, 0.717) is 34.3 Å². The Labute approximate surface area is 215 Å². The first-order valence-corrected chi connectivity index (χ1v) is 11.9. The second-order valence-electron chi connectivity index (χ2n) is 8.93. The van der Waals surface area contributed by atoms with Crippen LogP contribution in [0.15, 0.2) is 67.0 Å². The van der Waals surface area contributed by atoms with E-state index in [1.54, 1.807) is 30.6 Å². The van der Waals surface area contributed by atoms with Crippen molar-refractivity contribution in [1.29, 1.82) is 5.41 Å². The maximum atomic E-state index is 12.7. The zero-order chi connectivity index (χ0) is 25.8. The summed E-state index contributed by atoms with van der Waals surface area (Å²) in [5, 5.41) is 8.51. The first kappa shape index (κ1) is 25.3. The van der Waals surface area contributed by atoms with Gasteiger partial charge in [0.05, 0.1) is 11.4 Å². The first-order valence-electron chi connectivity index (χ1n) is 11.5. The van der Waals surface area contributed by atoms with E-state index in [1.165, 1.54) is 0 Å². The quantitative estimate of drug-likeness (QED) is 0.188. The lowest BCUT2D eigenvalue weighted by Crippen LogP contribution is -2.29. The smallest absolute Gasteiger partial charge is 0.206 e. The average Bonchev–Trinajstić information content (AvgIpc) is 2.88. The zero-order valence-electron chi connectivity index (χ0n) is 20.7. The molecule has 0 spiro atoms. The minimum atomic E-state index is -0.255. The summed E-state index contributed by atoms with van der Waals surface area (Å²) in [6, 6.07) is 16.7. The summed E-state index contributed by atoms with van der Waals surface area (Å²) in [5.74, 6) is 0.190. The Morgan fingerprint density at radius 3 is 2.36 bits per heavy atom. The standard InChI is InChI=1S/C28H27ClN6O/c1-17-6-5-7-24(32-17)28-33-25(14-26(29)34-28)22-13-21(15-31-16-22)19-8-10-20(11-9-19)27(36)23(30)12-18(2)35(3)4/h5-11,13-16,18,30H,12H2,1-4H3. The Hall–Kier alpha value is -3.81. The molecule has 1 aromatic carbocycles. The molecule has 0 aliphatic heterocycles. The first-order chi connectivity index (χ1) is 17.2. The van der Waals surface area contributed by atoms with Crippen LogP contribution < -0.4 is 0 Å². The van der Waals surface area contributed by atoms with Crippen LogP contribution in [0.2, 0.25) is 5.15 Å². The molecule has 0 aliphatic carbocycles. The van der Waals surface area contributed by atoms with Gasteiger partial charge < -0.3 is 10.3 Å². The number of carbonyl (C=O) groups excluding carboxylic acids is 1. The molecule has 0 amide bonds. The SMILES string of the molecule is Cc1cccc(-c2nc(Cl)cc(-c3cncc(-c4ccc(C(=O)C(=N)CC(C)N(C)C)cc4)c3)n2)n1. The predicted octanol–water partition coefficient (Wildman–Crippen LogP) is 5.77. The number of carbonyl (C=O) groups is 1. The fourth-order valence-corrected chi connectivity index (χ4v) is 3.83. The lowest BCUT2D eigenvalue weighted by molar-refractivity contribution is 0.106. The number of halogens is 1. The molecular weight excluding hydrogens is 472 g/mol. The van der Waals surface area contributed by atoms with Gasteiger partial charge in [0.2, 0.25) is 5.78 Å². The average molecular weight is 499 g/mol. The third-order valence-electron chi connectivity index (χ3n) is 5.98. The number of hydrogen-bond acceptors (Lipinski definition) is 7. The van der Waals surface area contributed by atoms with Gasteiger partial charge in [-0.3, -0.25) is 9.78 Å². The van der Waals surface area contributed by atoms with Gasteiger partial charge in [-0.25, -0.2) is 15.0 Å². The molecule has 8 heteroatoms. The number of pyridine rings is 2. The fraction of sp³-hybridized carbons (Fsp3) is 0.214. The molecule has 7 nitrogen and oxygen atoms in total. The van der Waals surface area contributed by atoms with Crippen molar-refractivity contribution in [2.24, 2.45) is 0 Å². The van der Waals surface area contributed by atoms with Crippen molar-refractivity contribution in [1.82, 2.24) is 24.8 Å². The molecule has 36 heavy (non-hydrogen) atoms. The topological polar surface area (TPSA) is 95.7 Å². The van der Waals surface area contributed by atoms with Crippen LogP contribution in [0.5, 0.6) is 0 Å². The number of aryl methyl sites for hydroxylation is 1. The zero-order valence-corrected chi connectivity index (χ0v) is 21.4. The third-order valence-corrected chi connectivity index (χ3v) is 6.18. The van der Waals surface area contributed by atoms with E-state index >= 15 is 0 Å². The number of hydrogen-bond donors (Lipinski definition) is 1. The Morgan fingerprint density at radius 2 is 1.67 bits per heavy atom. The van der Waals surface area contributed by atoms with Gasteiger partial charge in [-0.15, -0.1) is 0 Å². The molecule has 1 N–H and O–H groups in total. The van der Waals surface area contributed by atoms with Gasteiger partial charge in [-0.05, 0) is 51.7 Å². The van der Waals surface area contributed by atoms with Crippen molar-refractivity contribution in [2.75, 3.05) is 14.1 Å². The number of aromatic nitrogens is 4. The second-order valence-corrected chi connectivity index (χ2v) is 9.32. The summed E-state index contributed by atoms with van der Waals surface area (Å²) in [6.45, 7) is 3.91. The molecule has 1 atom stereocenters. The normalized spacial score (nSPS) is 11.9. The number of ketones is 1. The number of Topliss-reactive ketones (excluding diaryl/α,β-unsaturated/α-hetero) is 1. The molecule has 0 bridgehead atoms. The summed E-state index contributed by atoms with van der Waals surface area (Å²) in [6.07, 6.45) is 3.88. The Balaban J connectivity index is 1.59. The van der Waals surface area contributed by atoms with Crippen LogP contribution in [0.4, 0.5) is 0 Å². The molecule has 3 aromatic heterocycles. The van der Waals surface area contributed by atoms with Crippen LogP contribution in [0.25, 0.3) is 33.9 Å². The van der Waals surface area contributed by atoms with Gasteiger partial charge in [0.1, 0.15) is 10.8 Å². The van der Waals surface area contributed by atoms with Crippen LogP contribution >= 0.6 is 11.6 Å². The summed E-state index contributed by atoms with van der Waals surface area (Å²) in [7, 11) is 3.88. The largest absolute Gasteiger partial charge is 0.306 e.